The molecule has 24 heavy (non-hydrogen) atoms. The number of halogens is 2. The first-order valence-corrected chi connectivity index (χ1v) is 8.63. The second-order valence-corrected chi connectivity index (χ2v) is 8.09. The van der Waals surface area contributed by atoms with Crippen molar-refractivity contribution in [3.05, 3.63) is 0 Å². The summed E-state index contributed by atoms with van der Waals surface area (Å²) in [5, 5.41) is 14.6. The molecular formula is C17H28F2N2O3. The van der Waals surface area contributed by atoms with Crippen LogP contribution in [0.3, 0.4) is 0 Å². The van der Waals surface area contributed by atoms with Crippen molar-refractivity contribution in [2.45, 2.75) is 70.8 Å². The number of hydrogen-bond donors (Lipinski definition) is 3. The predicted molar refractivity (Wildman–Crippen MR) is 86.0 cm³/mol. The molecule has 0 aromatic rings. The van der Waals surface area contributed by atoms with Crippen LogP contribution in [0.1, 0.15) is 59.3 Å². The number of carbonyl (C=O) groups is 2. The number of carbonyl (C=O) groups excluding carboxylic acids is 1. The number of rotatable bonds is 4. The number of alkyl halides is 2. The van der Waals surface area contributed by atoms with E-state index in [0.717, 1.165) is 6.42 Å². The quantitative estimate of drug-likeness (QED) is 0.730. The minimum absolute atomic E-state index is 0.142. The molecule has 2 rings (SSSR count). The van der Waals surface area contributed by atoms with Gasteiger partial charge in [-0.15, -0.1) is 0 Å². The van der Waals surface area contributed by atoms with Gasteiger partial charge in [0.2, 0.25) is 11.8 Å². The number of amides is 2. The van der Waals surface area contributed by atoms with Gasteiger partial charge >= 0.3 is 6.09 Å². The Bertz CT molecular complexity index is 500. The summed E-state index contributed by atoms with van der Waals surface area (Å²) in [6, 6.07) is 0. The van der Waals surface area contributed by atoms with E-state index in [1.807, 2.05) is 20.8 Å². The molecule has 7 heteroatoms. The van der Waals surface area contributed by atoms with E-state index >= 15 is 0 Å². The van der Waals surface area contributed by atoms with E-state index < -0.39 is 17.6 Å². The lowest BCUT2D eigenvalue weighted by Gasteiger charge is -2.41. The lowest BCUT2D eigenvalue weighted by Crippen LogP contribution is -2.55. The molecule has 0 aromatic heterocycles. The standard InChI is InChI=1S/C17H28F2N2O3/c1-15(2)12(6-7-16(15,3)21-14(23)24)10-20-13(22)11-4-8-17(18,19)9-5-11/h11-12,21H,4-10H2,1-3H3,(H,20,22)(H,23,24)/t12-,16?/m1/s1. The van der Waals surface area contributed by atoms with Gasteiger partial charge < -0.3 is 15.7 Å². The van der Waals surface area contributed by atoms with E-state index in [1.54, 1.807) is 0 Å². The molecule has 2 atom stereocenters. The number of hydrogen-bond acceptors (Lipinski definition) is 2. The fourth-order valence-electron chi connectivity index (χ4n) is 4.08. The van der Waals surface area contributed by atoms with Gasteiger partial charge in [0, 0.05) is 30.8 Å². The molecule has 0 aromatic carbocycles. The third kappa shape index (κ3) is 3.81. The van der Waals surface area contributed by atoms with Crippen LogP contribution in [0.15, 0.2) is 0 Å². The smallest absolute Gasteiger partial charge is 0.405 e. The summed E-state index contributed by atoms with van der Waals surface area (Å²) in [7, 11) is 0. The molecule has 5 nitrogen and oxygen atoms in total. The Kier molecular flexibility index (Phi) is 5.11. The Morgan fingerprint density at radius 1 is 1.08 bits per heavy atom. The van der Waals surface area contributed by atoms with Crippen molar-refractivity contribution in [2.75, 3.05) is 6.54 Å². The van der Waals surface area contributed by atoms with Crippen molar-refractivity contribution in [3.8, 4) is 0 Å². The van der Waals surface area contributed by atoms with Gasteiger partial charge in [-0.25, -0.2) is 13.6 Å². The molecule has 138 valence electrons. The molecule has 0 saturated heterocycles. The summed E-state index contributed by atoms with van der Waals surface area (Å²) in [5.74, 6) is -2.98. The molecular weight excluding hydrogens is 318 g/mol. The van der Waals surface area contributed by atoms with Crippen LogP contribution in [0.4, 0.5) is 13.6 Å². The molecule has 3 N–H and O–H groups in total. The monoisotopic (exact) mass is 346 g/mol. The van der Waals surface area contributed by atoms with Crippen LogP contribution < -0.4 is 10.6 Å². The average Bonchev–Trinajstić information content (AvgIpc) is 2.66. The van der Waals surface area contributed by atoms with Gasteiger partial charge in [0.15, 0.2) is 0 Å². The fourth-order valence-corrected chi connectivity index (χ4v) is 4.08. The first kappa shape index (κ1) is 18.9. The number of carboxylic acid groups (broad SMARTS) is 1. The maximum Gasteiger partial charge on any atom is 0.405 e. The van der Waals surface area contributed by atoms with Crippen molar-refractivity contribution >= 4 is 12.0 Å². The molecule has 0 aliphatic heterocycles. The molecule has 0 bridgehead atoms. The molecule has 2 aliphatic rings. The summed E-state index contributed by atoms with van der Waals surface area (Å²) in [4.78, 5) is 23.3. The Hall–Kier alpha value is -1.40. The van der Waals surface area contributed by atoms with Gasteiger partial charge in [-0.1, -0.05) is 13.8 Å². The maximum atomic E-state index is 13.2. The van der Waals surface area contributed by atoms with Gasteiger partial charge in [-0.3, -0.25) is 4.79 Å². The van der Waals surface area contributed by atoms with Crippen LogP contribution in [0.25, 0.3) is 0 Å². The molecule has 2 amide bonds. The van der Waals surface area contributed by atoms with Gasteiger partial charge in [0.1, 0.15) is 0 Å². The Morgan fingerprint density at radius 3 is 2.21 bits per heavy atom. The molecule has 0 spiro atoms. The molecule has 2 aliphatic carbocycles. The Balaban J connectivity index is 1.88. The SMILES string of the molecule is CC1(NC(=O)O)CC[C@H](CNC(=O)C2CCC(F)(F)CC2)C1(C)C. The van der Waals surface area contributed by atoms with Crippen molar-refractivity contribution in [3.63, 3.8) is 0 Å². The van der Waals surface area contributed by atoms with Crippen LogP contribution in [0.2, 0.25) is 0 Å². The van der Waals surface area contributed by atoms with E-state index in [4.69, 9.17) is 5.11 Å². The van der Waals surface area contributed by atoms with E-state index in [9.17, 15) is 18.4 Å². The first-order chi connectivity index (χ1) is 11.0. The van der Waals surface area contributed by atoms with E-state index in [1.165, 1.54) is 0 Å². The zero-order valence-corrected chi connectivity index (χ0v) is 14.6. The van der Waals surface area contributed by atoms with Crippen molar-refractivity contribution < 1.29 is 23.5 Å². The highest BCUT2D eigenvalue weighted by Gasteiger charge is 2.52. The second kappa shape index (κ2) is 6.48. The third-order valence-electron chi connectivity index (χ3n) is 6.43. The van der Waals surface area contributed by atoms with Crippen LogP contribution in [0.5, 0.6) is 0 Å². The lowest BCUT2D eigenvalue weighted by atomic mass is 9.71. The van der Waals surface area contributed by atoms with Crippen LogP contribution >= 0.6 is 0 Å². The topological polar surface area (TPSA) is 78.4 Å². The molecule has 0 radical (unpaired) electrons. The van der Waals surface area contributed by atoms with Crippen LogP contribution in [-0.4, -0.2) is 35.1 Å². The summed E-state index contributed by atoms with van der Waals surface area (Å²) in [6.07, 6.45) is 0.491. The van der Waals surface area contributed by atoms with Crippen LogP contribution in [0, 0.1) is 17.3 Å². The first-order valence-electron chi connectivity index (χ1n) is 8.63. The van der Waals surface area contributed by atoms with Gasteiger partial charge in [-0.2, -0.15) is 0 Å². The van der Waals surface area contributed by atoms with Crippen molar-refractivity contribution in [2.24, 2.45) is 17.3 Å². The zero-order valence-electron chi connectivity index (χ0n) is 14.6. The van der Waals surface area contributed by atoms with E-state index in [0.29, 0.717) is 13.0 Å². The average molecular weight is 346 g/mol. The predicted octanol–water partition coefficient (Wildman–Crippen LogP) is 3.39. The van der Waals surface area contributed by atoms with Gasteiger partial charge in [-0.05, 0) is 43.9 Å². The molecule has 0 heterocycles. The zero-order chi connectivity index (χ0) is 18.2. The molecule has 2 fully saturated rings. The third-order valence-corrected chi connectivity index (χ3v) is 6.43. The Labute approximate surface area is 141 Å². The normalized spacial score (nSPS) is 32.3. The second-order valence-electron chi connectivity index (χ2n) is 8.09. The summed E-state index contributed by atoms with van der Waals surface area (Å²) in [5.41, 5.74) is -0.848. The Morgan fingerprint density at radius 2 is 1.67 bits per heavy atom. The highest BCUT2D eigenvalue weighted by molar-refractivity contribution is 5.78. The van der Waals surface area contributed by atoms with Crippen molar-refractivity contribution in [1.82, 2.24) is 10.6 Å². The highest BCUT2D eigenvalue weighted by atomic mass is 19.3. The molecule has 2 saturated carbocycles. The van der Waals surface area contributed by atoms with Gasteiger partial charge in [0.25, 0.3) is 0 Å². The highest BCUT2D eigenvalue weighted by Crippen LogP contribution is 2.49. The largest absolute Gasteiger partial charge is 0.465 e. The lowest BCUT2D eigenvalue weighted by molar-refractivity contribution is -0.129. The summed E-state index contributed by atoms with van der Waals surface area (Å²) < 4.78 is 26.4. The van der Waals surface area contributed by atoms with E-state index in [-0.39, 0.29) is 48.8 Å². The fraction of sp³-hybridized carbons (Fsp3) is 0.882. The minimum Gasteiger partial charge on any atom is -0.465 e. The summed E-state index contributed by atoms with van der Waals surface area (Å²) >= 11 is 0. The van der Waals surface area contributed by atoms with Crippen molar-refractivity contribution in [1.29, 1.82) is 0 Å². The van der Waals surface area contributed by atoms with Gasteiger partial charge in [0.05, 0.1) is 0 Å². The van der Waals surface area contributed by atoms with Crippen LogP contribution in [-0.2, 0) is 4.79 Å². The number of nitrogens with one attached hydrogen (secondary N) is 2. The van der Waals surface area contributed by atoms with E-state index in [2.05, 4.69) is 10.6 Å². The summed E-state index contributed by atoms with van der Waals surface area (Å²) in [6.45, 7) is 6.36. The maximum absolute atomic E-state index is 13.2. The minimum atomic E-state index is -2.63. The molecule has 1 unspecified atom stereocenters.